The third kappa shape index (κ3) is 9.29. The number of hydrogen-bond acceptors (Lipinski definition) is 4. The first kappa shape index (κ1) is 17.7. The lowest BCUT2D eigenvalue weighted by atomic mass is 10.3. The highest BCUT2D eigenvalue weighted by Gasteiger charge is 2.02. The Hall–Kier alpha value is -1.31. The second kappa shape index (κ2) is 8.73. The van der Waals surface area contributed by atoms with E-state index in [0.717, 1.165) is 11.9 Å². The molecule has 0 saturated carbocycles. The number of carbonyl (C=O) groups excluding carboxylic acids is 1. The third-order valence-electron chi connectivity index (χ3n) is 2.04. The van der Waals surface area contributed by atoms with Crippen molar-refractivity contribution in [1.29, 1.82) is 0 Å². The zero-order valence-electron chi connectivity index (χ0n) is 10.5. The number of rotatable bonds is 7. The van der Waals surface area contributed by atoms with Crippen LogP contribution in [0.15, 0.2) is 30.3 Å². The molecule has 0 aliphatic carbocycles. The molecule has 0 heterocycles. The molecule has 0 aromatic heterocycles. The molecule has 0 atom stereocenters. The van der Waals surface area contributed by atoms with E-state index in [0.29, 0.717) is 0 Å². The van der Waals surface area contributed by atoms with Crippen LogP contribution in [0, 0.1) is 0 Å². The SMILES string of the molecule is CS(=O)(=O)NCCNC(=O)CNc1ccccc1.Cl. The Morgan fingerprint density at radius 3 is 2.37 bits per heavy atom. The van der Waals surface area contributed by atoms with Crippen molar-refractivity contribution < 1.29 is 13.2 Å². The Balaban J connectivity index is 0.00000324. The molecule has 0 unspecified atom stereocenters. The molecule has 0 bridgehead atoms. The van der Waals surface area contributed by atoms with Crippen LogP contribution < -0.4 is 15.4 Å². The first-order chi connectivity index (χ1) is 8.47. The smallest absolute Gasteiger partial charge is 0.239 e. The zero-order valence-corrected chi connectivity index (χ0v) is 12.2. The molecule has 0 radical (unpaired) electrons. The Morgan fingerprint density at radius 1 is 1.16 bits per heavy atom. The van der Waals surface area contributed by atoms with Crippen LogP contribution in [0.25, 0.3) is 0 Å². The number of benzene rings is 1. The Morgan fingerprint density at radius 2 is 1.79 bits per heavy atom. The molecule has 3 N–H and O–H groups in total. The summed E-state index contributed by atoms with van der Waals surface area (Å²) < 4.78 is 23.8. The minimum absolute atomic E-state index is 0. The van der Waals surface area contributed by atoms with Gasteiger partial charge in [-0.25, -0.2) is 13.1 Å². The molecule has 6 nitrogen and oxygen atoms in total. The van der Waals surface area contributed by atoms with Gasteiger partial charge in [0.2, 0.25) is 15.9 Å². The fourth-order valence-corrected chi connectivity index (χ4v) is 1.71. The van der Waals surface area contributed by atoms with E-state index in [4.69, 9.17) is 0 Å². The summed E-state index contributed by atoms with van der Waals surface area (Å²) in [6.07, 6.45) is 1.08. The number of anilines is 1. The second-order valence-corrected chi connectivity index (χ2v) is 5.57. The van der Waals surface area contributed by atoms with Crippen LogP contribution in [0.1, 0.15) is 0 Å². The van der Waals surface area contributed by atoms with Crippen molar-refractivity contribution in [3.63, 3.8) is 0 Å². The standard InChI is InChI=1S/C11H17N3O3S.ClH/c1-18(16,17)14-8-7-12-11(15)9-13-10-5-3-2-4-6-10;/h2-6,13-14H,7-9H2,1H3,(H,12,15);1H. The van der Waals surface area contributed by atoms with Gasteiger partial charge in [0.25, 0.3) is 0 Å². The van der Waals surface area contributed by atoms with E-state index in [1.165, 1.54) is 0 Å². The fourth-order valence-electron chi connectivity index (χ4n) is 1.24. The van der Waals surface area contributed by atoms with Crippen molar-refractivity contribution in [2.75, 3.05) is 31.2 Å². The van der Waals surface area contributed by atoms with E-state index >= 15 is 0 Å². The molecule has 0 aliphatic heterocycles. The Bertz CT molecular complexity index is 479. The van der Waals surface area contributed by atoms with E-state index in [-0.39, 0.29) is 37.9 Å². The first-order valence-electron chi connectivity index (χ1n) is 5.47. The van der Waals surface area contributed by atoms with Gasteiger partial charge in [-0.2, -0.15) is 0 Å². The van der Waals surface area contributed by atoms with Crippen molar-refractivity contribution in [1.82, 2.24) is 10.0 Å². The summed E-state index contributed by atoms with van der Waals surface area (Å²) in [7, 11) is -3.19. The van der Waals surface area contributed by atoms with Gasteiger partial charge in [0.15, 0.2) is 0 Å². The van der Waals surface area contributed by atoms with E-state index in [1.54, 1.807) is 0 Å². The lowest BCUT2D eigenvalue weighted by Gasteiger charge is -2.07. The molecule has 0 fully saturated rings. The quantitative estimate of drug-likeness (QED) is 0.627. The van der Waals surface area contributed by atoms with Crippen molar-refractivity contribution in [2.45, 2.75) is 0 Å². The van der Waals surface area contributed by atoms with Gasteiger partial charge in [0, 0.05) is 18.8 Å². The van der Waals surface area contributed by atoms with Crippen LogP contribution in [0.2, 0.25) is 0 Å². The number of para-hydroxylation sites is 1. The van der Waals surface area contributed by atoms with Gasteiger partial charge in [-0.05, 0) is 12.1 Å². The molecular weight excluding hydrogens is 290 g/mol. The topological polar surface area (TPSA) is 87.3 Å². The molecule has 0 spiro atoms. The van der Waals surface area contributed by atoms with Gasteiger partial charge in [0.05, 0.1) is 12.8 Å². The summed E-state index contributed by atoms with van der Waals surface area (Å²) in [6.45, 7) is 0.612. The summed E-state index contributed by atoms with van der Waals surface area (Å²) in [5.41, 5.74) is 0.863. The van der Waals surface area contributed by atoms with Crippen molar-refractivity contribution >= 4 is 34.0 Å². The fraction of sp³-hybridized carbons (Fsp3) is 0.364. The second-order valence-electron chi connectivity index (χ2n) is 3.74. The van der Waals surface area contributed by atoms with Gasteiger partial charge < -0.3 is 10.6 Å². The maximum Gasteiger partial charge on any atom is 0.239 e. The summed E-state index contributed by atoms with van der Waals surface area (Å²) in [4.78, 5) is 11.4. The summed E-state index contributed by atoms with van der Waals surface area (Å²) in [6, 6.07) is 9.35. The predicted molar refractivity (Wildman–Crippen MR) is 78.0 cm³/mol. The van der Waals surface area contributed by atoms with Crippen LogP contribution in [-0.2, 0) is 14.8 Å². The van der Waals surface area contributed by atoms with Crippen LogP contribution >= 0.6 is 12.4 Å². The van der Waals surface area contributed by atoms with Crippen LogP contribution in [0.3, 0.4) is 0 Å². The van der Waals surface area contributed by atoms with Crippen molar-refractivity contribution in [3.05, 3.63) is 30.3 Å². The molecule has 0 saturated heterocycles. The molecule has 8 heteroatoms. The lowest BCUT2D eigenvalue weighted by Crippen LogP contribution is -2.36. The van der Waals surface area contributed by atoms with E-state index in [1.807, 2.05) is 30.3 Å². The predicted octanol–water partition coefficient (Wildman–Crippen LogP) is 0.186. The lowest BCUT2D eigenvalue weighted by molar-refractivity contribution is -0.119. The Labute approximate surface area is 119 Å². The van der Waals surface area contributed by atoms with Crippen LogP contribution in [0.5, 0.6) is 0 Å². The highest BCUT2D eigenvalue weighted by molar-refractivity contribution is 7.88. The van der Waals surface area contributed by atoms with Crippen LogP contribution in [-0.4, -0.2) is 40.2 Å². The summed E-state index contributed by atoms with van der Waals surface area (Å²) in [5.74, 6) is -0.186. The number of amides is 1. The van der Waals surface area contributed by atoms with E-state index in [2.05, 4.69) is 15.4 Å². The highest BCUT2D eigenvalue weighted by Crippen LogP contribution is 2.03. The van der Waals surface area contributed by atoms with Gasteiger partial charge >= 0.3 is 0 Å². The van der Waals surface area contributed by atoms with Gasteiger partial charge in [-0.1, -0.05) is 18.2 Å². The molecule has 0 aliphatic rings. The minimum Gasteiger partial charge on any atom is -0.376 e. The van der Waals surface area contributed by atoms with Crippen molar-refractivity contribution in [3.8, 4) is 0 Å². The van der Waals surface area contributed by atoms with Crippen molar-refractivity contribution in [2.24, 2.45) is 0 Å². The first-order valence-corrected chi connectivity index (χ1v) is 7.37. The van der Waals surface area contributed by atoms with Gasteiger partial charge in [0.1, 0.15) is 0 Å². The molecule has 108 valence electrons. The normalized spacial score (nSPS) is 10.4. The zero-order chi connectivity index (χ0) is 13.4. The maximum atomic E-state index is 11.4. The summed E-state index contributed by atoms with van der Waals surface area (Å²) >= 11 is 0. The number of nitrogens with one attached hydrogen (secondary N) is 3. The highest BCUT2D eigenvalue weighted by atomic mass is 35.5. The number of hydrogen-bond donors (Lipinski definition) is 3. The average molecular weight is 308 g/mol. The average Bonchev–Trinajstić information content (AvgIpc) is 2.32. The number of halogens is 1. The van der Waals surface area contributed by atoms with E-state index < -0.39 is 10.0 Å². The van der Waals surface area contributed by atoms with E-state index in [9.17, 15) is 13.2 Å². The van der Waals surface area contributed by atoms with Crippen LogP contribution in [0.4, 0.5) is 5.69 Å². The third-order valence-corrected chi connectivity index (χ3v) is 2.77. The monoisotopic (exact) mass is 307 g/mol. The van der Waals surface area contributed by atoms with Gasteiger partial charge in [-0.3, -0.25) is 4.79 Å². The minimum atomic E-state index is -3.19. The largest absolute Gasteiger partial charge is 0.376 e. The summed E-state index contributed by atoms with van der Waals surface area (Å²) in [5, 5.41) is 5.55. The number of carbonyl (C=O) groups is 1. The molecule has 1 aromatic carbocycles. The maximum absolute atomic E-state index is 11.4. The molecule has 1 rings (SSSR count). The molecule has 1 amide bonds. The molecule has 19 heavy (non-hydrogen) atoms. The van der Waals surface area contributed by atoms with Gasteiger partial charge in [-0.15, -0.1) is 12.4 Å². The molecule has 1 aromatic rings. The Kier molecular flexibility index (Phi) is 8.13. The number of sulfonamides is 1. The molecular formula is C11H18ClN3O3S.